The second kappa shape index (κ2) is 7.05. The third-order valence-corrected chi connectivity index (χ3v) is 4.52. The molecule has 1 saturated heterocycles. The summed E-state index contributed by atoms with van der Waals surface area (Å²) in [4.78, 5) is 5.01. The van der Waals surface area contributed by atoms with E-state index in [1.54, 1.807) is 0 Å². The number of likely N-dealkylation sites (N-methyl/N-ethyl adjacent to an activating group) is 1. The highest BCUT2D eigenvalue weighted by Crippen LogP contribution is 2.26. The Morgan fingerprint density at radius 3 is 2.32 bits per heavy atom. The van der Waals surface area contributed by atoms with Crippen molar-refractivity contribution in [2.24, 2.45) is 5.73 Å². The Balaban J connectivity index is 1.77. The molecule has 2 aromatic rings. The second-order valence-corrected chi connectivity index (χ2v) is 6.18. The van der Waals surface area contributed by atoms with Gasteiger partial charge in [0.2, 0.25) is 0 Å². The number of rotatable bonds is 4. The van der Waals surface area contributed by atoms with Crippen LogP contribution in [0.2, 0.25) is 0 Å². The quantitative estimate of drug-likeness (QED) is 0.941. The predicted molar refractivity (Wildman–Crippen MR) is 91.4 cm³/mol. The molecular weight excluding hydrogens is 270 g/mol. The Bertz CT molecular complexity index is 579. The highest BCUT2D eigenvalue weighted by atomic mass is 15.3. The molecule has 0 spiro atoms. The summed E-state index contributed by atoms with van der Waals surface area (Å²) in [5.41, 5.74) is 9.65. The van der Waals surface area contributed by atoms with Gasteiger partial charge in [0.15, 0.2) is 0 Å². The standard InChI is InChI=1S/C19H25N3/c1-21-11-12-22(14-17-9-7-16(13-20)8-10-17)19(15-21)18-5-3-2-4-6-18/h2-10,19H,11-15,20H2,1H3. The SMILES string of the molecule is CN1CCN(Cc2ccc(CN)cc2)C(c2ccccc2)C1. The van der Waals surface area contributed by atoms with Gasteiger partial charge < -0.3 is 10.6 Å². The fourth-order valence-electron chi connectivity index (χ4n) is 3.15. The van der Waals surface area contributed by atoms with Crippen molar-refractivity contribution in [1.82, 2.24) is 9.80 Å². The Morgan fingerprint density at radius 1 is 0.955 bits per heavy atom. The average Bonchev–Trinajstić information content (AvgIpc) is 2.58. The fraction of sp³-hybridized carbons (Fsp3) is 0.368. The molecule has 3 heteroatoms. The summed E-state index contributed by atoms with van der Waals surface area (Å²) >= 11 is 0. The Morgan fingerprint density at radius 2 is 1.64 bits per heavy atom. The van der Waals surface area contributed by atoms with Crippen LogP contribution in [0.5, 0.6) is 0 Å². The molecule has 1 unspecified atom stereocenters. The molecule has 0 radical (unpaired) electrons. The largest absolute Gasteiger partial charge is 0.326 e. The Kier molecular flexibility index (Phi) is 4.88. The van der Waals surface area contributed by atoms with Gasteiger partial charge >= 0.3 is 0 Å². The first-order valence-corrected chi connectivity index (χ1v) is 8.01. The lowest BCUT2D eigenvalue weighted by Crippen LogP contribution is -2.46. The van der Waals surface area contributed by atoms with Gasteiger partial charge in [-0.25, -0.2) is 0 Å². The number of hydrogen-bond donors (Lipinski definition) is 1. The molecule has 1 aliphatic rings. The van der Waals surface area contributed by atoms with Gasteiger partial charge in [-0.1, -0.05) is 54.6 Å². The minimum Gasteiger partial charge on any atom is -0.326 e. The van der Waals surface area contributed by atoms with E-state index >= 15 is 0 Å². The summed E-state index contributed by atoms with van der Waals surface area (Å²) in [5.74, 6) is 0. The van der Waals surface area contributed by atoms with Crippen molar-refractivity contribution in [1.29, 1.82) is 0 Å². The van der Waals surface area contributed by atoms with Crippen LogP contribution < -0.4 is 5.73 Å². The van der Waals surface area contributed by atoms with E-state index in [0.717, 1.165) is 26.2 Å². The van der Waals surface area contributed by atoms with E-state index in [4.69, 9.17) is 5.73 Å². The van der Waals surface area contributed by atoms with Crippen molar-refractivity contribution in [2.45, 2.75) is 19.1 Å². The Labute approximate surface area is 133 Å². The van der Waals surface area contributed by atoms with Gasteiger partial charge in [0.05, 0.1) is 0 Å². The zero-order chi connectivity index (χ0) is 15.4. The van der Waals surface area contributed by atoms with Gasteiger partial charge in [0.25, 0.3) is 0 Å². The van der Waals surface area contributed by atoms with Crippen LogP contribution in [0.3, 0.4) is 0 Å². The second-order valence-electron chi connectivity index (χ2n) is 6.18. The first kappa shape index (κ1) is 15.2. The maximum absolute atomic E-state index is 5.68. The van der Waals surface area contributed by atoms with Crippen LogP contribution in [0.1, 0.15) is 22.7 Å². The summed E-state index contributed by atoms with van der Waals surface area (Å²) in [5, 5.41) is 0. The third-order valence-electron chi connectivity index (χ3n) is 4.52. The van der Waals surface area contributed by atoms with Gasteiger partial charge in [-0.05, 0) is 23.7 Å². The molecule has 1 atom stereocenters. The predicted octanol–water partition coefficient (Wildman–Crippen LogP) is 2.63. The number of nitrogens with zero attached hydrogens (tertiary/aromatic N) is 2. The van der Waals surface area contributed by atoms with Crippen LogP contribution in [0, 0.1) is 0 Å². The van der Waals surface area contributed by atoms with Crippen LogP contribution >= 0.6 is 0 Å². The lowest BCUT2D eigenvalue weighted by molar-refractivity contribution is 0.0834. The minimum absolute atomic E-state index is 0.467. The average molecular weight is 295 g/mol. The summed E-state index contributed by atoms with van der Waals surface area (Å²) < 4.78 is 0. The fourth-order valence-corrected chi connectivity index (χ4v) is 3.15. The normalized spacial score (nSPS) is 20.2. The van der Waals surface area contributed by atoms with Crippen LogP contribution in [-0.2, 0) is 13.1 Å². The Hall–Kier alpha value is -1.68. The van der Waals surface area contributed by atoms with Gasteiger partial charge in [0.1, 0.15) is 0 Å². The molecule has 116 valence electrons. The van der Waals surface area contributed by atoms with Gasteiger partial charge in [-0.15, -0.1) is 0 Å². The minimum atomic E-state index is 0.467. The zero-order valence-corrected chi connectivity index (χ0v) is 13.3. The molecule has 3 nitrogen and oxygen atoms in total. The summed E-state index contributed by atoms with van der Waals surface area (Å²) in [6.07, 6.45) is 0. The van der Waals surface area contributed by atoms with Gasteiger partial charge in [-0.3, -0.25) is 4.90 Å². The van der Waals surface area contributed by atoms with Crippen LogP contribution in [-0.4, -0.2) is 36.5 Å². The van der Waals surface area contributed by atoms with E-state index in [1.165, 1.54) is 16.7 Å². The van der Waals surface area contributed by atoms with E-state index in [0.29, 0.717) is 12.6 Å². The first-order chi connectivity index (χ1) is 10.8. The molecule has 0 amide bonds. The molecule has 1 aliphatic heterocycles. The molecule has 0 bridgehead atoms. The number of piperazine rings is 1. The number of nitrogens with two attached hydrogens (primary N) is 1. The lowest BCUT2D eigenvalue weighted by atomic mass is 10.0. The molecule has 3 rings (SSSR count). The van der Waals surface area contributed by atoms with E-state index < -0.39 is 0 Å². The van der Waals surface area contributed by atoms with Gasteiger partial charge in [-0.2, -0.15) is 0 Å². The summed E-state index contributed by atoms with van der Waals surface area (Å²) in [6.45, 7) is 4.93. The molecule has 1 heterocycles. The zero-order valence-electron chi connectivity index (χ0n) is 13.3. The maximum Gasteiger partial charge on any atom is 0.0479 e. The topological polar surface area (TPSA) is 32.5 Å². The van der Waals surface area contributed by atoms with Crippen LogP contribution in [0.4, 0.5) is 0 Å². The maximum atomic E-state index is 5.68. The molecule has 0 aromatic heterocycles. The number of benzene rings is 2. The molecule has 2 N–H and O–H groups in total. The summed E-state index contributed by atoms with van der Waals surface area (Å²) in [6, 6.07) is 20.0. The molecular formula is C19H25N3. The van der Waals surface area contributed by atoms with Crippen molar-refractivity contribution in [3.05, 3.63) is 71.3 Å². The van der Waals surface area contributed by atoms with Crippen molar-refractivity contribution >= 4 is 0 Å². The van der Waals surface area contributed by atoms with E-state index in [2.05, 4.69) is 71.4 Å². The van der Waals surface area contributed by atoms with Crippen molar-refractivity contribution < 1.29 is 0 Å². The van der Waals surface area contributed by atoms with Crippen molar-refractivity contribution in [3.8, 4) is 0 Å². The molecule has 2 aromatic carbocycles. The van der Waals surface area contributed by atoms with Crippen molar-refractivity contribution in [3.63, 3.8) is 0 Å². The van der Waals surface area contributed by atoms with Gasteiger partial charge in [0, 0.05) is 38.8 Å². The molecule has 22 heavy (non-hydrogen) atoms. The van der Waals surface area contributed by atoms with Crippen LogP contribution in [0.25, 0.3) is 0 Å². The van der Waals surface area contributed by atoms with E-state index in [1.807, 2.05) is 0 Å². The molecule has 0 aliphatic carbocycles. The number of hydrogen-bond acceptors (Lipinski definition) is 3. The molecule has 1 fully saturated rings. The van der Waals surface area contributed by atoms with E-state index in [9.17, 15) is 0 Å². The monoisotopic (exact) mass is 295 g/mol. The highest BCUT2D eigenvalue weighted by Gasteiger charge is 2.26. The highest BCUT2D eigenvalue weighted by molar-refractivity contribution is 5.24. The molecule has 0 saturated carbocycles. The van der Waals surface area contributed by atoms with Crippen molar-refractivity contribution in [2.75, 3.05) is 26.7 Å². The smallest absolute Gasteiger partial charge is 0.0479 e. The van der Waals surface area contributed by atoms with E-state index in [-0.39, 0.29) is 0 Å². The lowest BCUT2D eigenvalue weighted by Gasteiger charge is -2.40. The first-order valence-electron chi connectivity index (χ1n) is 8.01. The summed E-state index contributed by atoms with van der Waals surface area (Å²) in [7, 11) is 2.21. The van der Waals surface area contributed by atoms with Crippen LogP contribution in [0.15, 0.2) is 54.6 Å². The third kappa shape index (κ3) is 3.55.